The Labute approximate surface area is 139 Å². The molecular formula is C16H19N5O3. The molecule has 3 rings (SSSR count). The fraction of sp³-hybridized carbons (Fsp3) is 0.375. The Balaban J connectivity index is 2.05. The average Bonchev–Trinajstić information content (AvgIpc) is 3.06. The number of hydrogen-bond donors (Lipinski definition) is 1. The lowest BCUT2D eigenvalue weighted by Crippen LogP contribution is -2.29. The summed E-state index contributed by atoms with van der Waals surface area (Å²) in [5.74, 6) is 0.851. The minimum absolute atomic E-state index is 0.368. The molecule has 0 saturated heterocycles. The fourth-order valence-corrected chi connectivity index (χ4v) is 2.64. The second-order valence-corrected chi connectivity index (χ2v) is 5.42. The first-order valence-electron chi connectivity index (χ1n) is 7.72. The monoisotopic (exact) mass is 329 g/mol. The van der Waals surface area contributed by atoms with Gasteiger partial charge in [0.2, 0.25) is 5.95 Å². The van der Waals surface area contributed by atoms with Gasteiger partial charge in [0.1, 0.15) is 11.8 Å². The first-order chi connectivity index (χ1) is 11.7. The Morgan fingerprint density at radius 3 is 2.75 bits per heavy atom. The van der Waals surface area contributed by atoms with E-state index in [1.54, 1.807) is 11.8 Å². The smallest absolute Gasteiger partial charge is 0.338 e. The standard InChI is InChI=1S/C16H19N5O3/c1-4-9-24-15(22)13-10(2)17-16-18-19-20-21(16)14(13)11-5-7-12(23-3)8-6-11/h5-8,14H,4,9H2,1-3H3,(H,17,18,20). The molecule has 0 fully saturated rings. The highest BCUT2D eigenvalue weighted by molar-refractivity contribution is 5.92. The molecule has 0 bridgehead atoms. The van der Waals surface area contributed by atoms with Crippen molar-refractivity contribution in [2.45, 2.75) is 26.3 Å². The number of nitrogens with one attached hydrogen (secondary N) is 1. The number of benzene rings is 1. The van der Waals surface area contributed by atoms with Crippen LogP contribution in [0, 0.1) is 0 Å². The Hall–Kier alpha value is -2.90. The van der Waals surface area contributed by atoms with Gasteiger partial charge in [-0.2, -0.15) is 4.68 Å². The number of ether oxygens (including phenoxy) is 2. The fourth-order valence-electron chi connectivity index (χ4n) is 2.64. The molecule has 0 radical (unpaired) electrons. The van der Waals surface area contributed by atoms with Crippen molar-refractivity contribution in [3.63, 3.8) is 0 Å². The molecule has 126 valence electrons. The number of fused-ring (bicyclic) bond motifs is 1. The summed E-state index contributed by atoms with van der Waals surface area (Å²) in [5.41, 5.74) is 2.04. The summed E-state index contributed by atoms with van der Waals surface area (Å²) in [6, 6.07) is 7.00. The maximum atomic E-state index is 12.6. The van der Waals surface area contributed by atoms with Crippen molar-refractivity contribution >= 4 is 11.9 Å². The topological polar surface area (TPSA) is 91.2 Å². The number of esters is 1. The van der Waals surface area contributed by atoms with Crippen LogP contribution < -0.4 is 10.1 Å². The van der Waals surface area contributed by atoms with Crippen molar-refractivity contribution in [3.8, 4) is 5.75 Å². The molecular weight excluding hydrogens is 310 g/mol. The number of methoxy groups -OCH3 is 1. The Kier molecular flexibility index (Phi) is 4.45. The molecule has 0 aliphatic carbocycles. The number of tetrazole rings is 1. The number of anilines is 1. The van der Waals surface area contributed by atoms with Crippen molar-refractivity contribution in [2.24, 2.45) is 0 Å². The number of carbonyl (C=O) groups excluding carboxylic acids is 1. The van der Waals surface area contributed by atoms with Crippen LogP contribution in [-0.2, 0) is 9.53 Å². The van der Waals surface area contributed by atoms with Crippen molar-refractivity contribution in [2.75, 3.05) is 19.0 Å². The lowest BCUT2D eigenvalue weighted by molar-refractivity contribution is -0.139. The molecule has 1 unspecified atom stereocenters. The molecule has 24 heavy (non-hydrogen) atoms. The van der Waals surface area contributed by atoms with E-state index in [4.69, 9.17) is 9.47 Å². The van der Waals surface area contributed by atoms with Crippen LogP contribution in [0.25, 0.3) is 0 Å². The predicted molar refractivity (Wildman–Crippen MR) is 86.5 cm³/mol. The molecule has 1 N–H and O–H groups in total. The zero-order valence-electron chi connectivity index (χ0n) is 13.8. The summed E-state index contributed by atoms with van der Waals surface area (Å²) >= 11 is 0. The van der Waals surface area contributed by atoms with Crippen molar-refractivity contribution in [1.82, 2.24) is 20.2 Å². The molecule has 8 heteroatoms. The lowest BCUT2D eigenvalue weighted by atomic mass is 9.96. The van der Waals surface area contributed by atoms with Gasteiger partial charge in [-0.3, -0.25) is 0 Å². The van der Waals surface area contributed by atoms with Gasteiger partial charge in [0, 0.05) is 5.70 Å². The van der Waals surface area contributed by atoms with Gasteiger partial charge < -0.3 is 14.8 Å². The molecule has 1 atom stereocenters. The number of nitrogens with zero attached hydrogens (tertiary/aromatic N) is 4. The van der Waals surface area contributed by atoms with E-state index in [-0.39, 0.29) is 5.97 Å². The Morgan fingerprint density at radius 1 is 1.33 bits per heavy atom. The number of hydrogen-bond acceptors (Lipinski definition) is 7. The largest absolute Gasteiger partial charge is 0.497 e. The van der Waals surface area contributed by atoms with Crippen LogP contribution in [0.4, 0.5) is 5.95 Å². The van der Waals surface area contributed by atoms with Crippen LogP contribution in [0.15, 0.2) is 35.5 Å². The van der Waals surface area contributed by atoms with Crippen LogP contribution in [-0.4, -0.2) is 39.9 Å². The van der Waals surface area contributed by atoms with Gasteiger partial charge >= 0.3 is 5.97 Å². The van der Waals surface area contributed by atoms with Crippen molar-refractivity contribution < 1.29 is 14.3 Å². The second-order valence-electron chi connectivity index (χ2n) is 5.42. The highest BCUT2D eigenvalue weighted by Crippen LogP contribution is 2.35. The molecule has 1 aromatic heterocycles. The zero-order chi connectivity index (χ0) is 17.1. The van der Waals surface area contributed by atoms with Crippen molar-refractivity contribution in [3.05, 3.63) is 41.1 Å². The second kappa shape index (κ2) is 6.69. The van der Waals surface area contributed by atoms with Crippen molar-refractivity contribution in [1.29, 1.82) is 0 Å². The van der Waals surface area contributed by atoms with Gasteiger partial charge in [-0.15, -0.1) is 0 Å². The third-order valence-corrected chi connectivity index (χ3v) is 3.80. The summed E-state index contributed by atoms with van der Waals surface area (Å²) in [6.07, 6.45) is 0.759. The first kappa shape index (κ1) is 16.0. The molecule has 2 aromatic rings. The molecule has 0 saturated carbocycles. The SMILES string of the molecule is CCCOC(=O)C1=C(C)Nc2nnnn2C1c1ccc(OC)cc1. The van der Waals surface area contributed by atoms with Gasteiger partial charge in [0.15, 0.2) is 0 Å². The van der Waals surface area contributed by atoms with Crippen LogP contribution >= 0.6 is 0 Å². The van der Waals surface area contributed by atoms with Gasteiger partial charge in [-0.05, 0) is 41.5 Å². The van der Waals surface area contributed by atoms with Gasteiger partial charge in [-0.25, -0.2) is 4.79 Å². The van der Waals surface area contributed by atoms with Gasteiger partial charge in [0.25, 0.3) is 0 Å². The van der Waals surface area contributed by atoms with E-state index < -0.39 is 6.04 Å². The van der Waals surface area contributed by atoms with Crippen LogP contribution in [0.5, 0.6) is 5.75 Å². The van der Waals surface area contributed by atoms with E-state index in [2.05, 4.69) is 20.8 Å². The number of rotatable bonds is 5. The maximum Gasteiger partial charge on any atom is 0.338 e. The molecule has 1 aliphatic heterocycles. The molecule has 2 heterocycles. The average molecular weight is 329 g/mol. The number of carbonyl (C=O) groups is 1. The van der Waals surface area contributed by atoms with Gasteiger partial charge in [0.05, 0.1) is 19.3 Å². The van der Waals surface area contributed by atoms with E-state index in [1.807, 2.05) is 38.1 Å². The highest BCUT2D eigenvalue weighted by atomic mass is 16.5. The molecule has 1 aliphatic rings. The Bertz CT molecular complexity index is 766. The quantitative estimate of drug-likeness (QED) is 0.838. The Morgan fingerprint density at radius 2 is 2.08 bits per heavy atom. The molecule has 0 amide bonds. The highest BCUT2D eigenvalue weighted by Gasteiger charge is 2.34. The predicted octanol–water partition coefficient (Wildman–Crippen LogP) is 1.92. The summed E-state index contributed by atoms with van der Waals surface area (Å²) in [4.78, 5) is 12.6. The summed E-state index contributed by atoms with van der Waals surface area (Å²) in [6.45, 7) is 4.14. The van der Waals surface area contributed by atoms with E-state index in [0.717, 1.165) is 17.7 Å². The summed E-state index contributed by atoms with van der Waals surface area (Å²) < 4.78 is 12.1. The summed E-state index contributed by atoms with van der Waals surface area (Å²) in [7, 11) is 1.61. The number of allylic oxidation sites excluding steroid dienone is 1. The van der Waals surface area contributed by atoms with Crippen LogP contribution in [0.2, 0.25) is 0 Å². The number of aromatic nitrogens is 4. The minimum Gasteiger partial charge on any atom is -0.497 e. The van der Waals surface area contributed by atoms with E-state index >= 15 is 0 Å². The van der Waals surface area contributed by atoms with Crippen LogP contribution in [0.1, 0.15) is 31.9 Å². The third kappa shape index (κ3) is 2.82. The zero-order valence-corrected chi connectivity index (χ0v) is 13.8. The van der Waals surface area contributed by atoms with Gasteiger partial charge in [-0.1, -0.05) is 24.2 Å². The van der Waals surface area contributed by atoms with E-state index in [9.17, 15) is 4.79 Å². The normalized spacial score (nSPS) is 16.4. The molecule has 1 aromatic carbocycles. The third-order valence-electron chi connectivity index (χ3n) is 3.80. The maximum absolute atomic E-state index is 12.6. The molecule has 8 nitrogen and oxygen atoms in total. The van der Waals surface area contributed by atoms with Crippen LogP contribution in [0.3, 0.4) is 0 Å². The minimum atomic E-state index is -0.452. The first-order valence-corrected chi connectivity index (χ1v) is 7.72. The van der Waals surface area contributed by atoms with E-state index in [1.165, 1.54) is 0 Å². The lowest BCUT2D eigenvalue weighted by Gasteiger charge is -2.27. The molecule has 0 spiro atoms. The van der Waals surface area contributed by atoms with E-state index in [0.29, 0.717) is 23.8 Å². The summed E-state index contributed by atoms with van der Waals surface area (Å²) in [5, 5.41) is 14.7.